The number of carbonyl (C=O) groups excluding carboxylic acids is 1. The van der Waals surface area contributed by atoms with E-state index in [4.69, 9.17) is 9.47 Å². The van der Waals surface area contributed by atoms with Crippen molar-refractivity contribution < 1.29 is 14.3 Å². The highest BCUT2D eigenvalue weighted by Gasteiger charge is 2.33. The summed E-state index contributed by atoms with van der Waals surface area (Å²) in [5, 5.41) is 6.06. The minimum atomic E-state index is -0.194. The zero-order chi connectivity index (χ0) is 14.6. The van der Waals surface area contributed by atoms with Gasteiger partial charge in [-0.3, -0.25) is 4.79 Å². The molecule has 1 amide bonds. The van der Waals surface area contributed by atoms with Crippen molar-refractivity contribution >= 4 is 5.91 Å². The molecule has 0 saturated carbocycles. The van der Waals surface area contributed by atoms with E-state index in [-0.39, 0.29) is 24.2 Å². The molecule has 0 spiro atoms. The lowest BCUT2D eigenvalue weighted by Crippen LogP contribution is -2.59. The van der Waals surface area contributed by atoms with E-state index >= 15 is 0 Å². The van der Waals surface area contributed by atoms with Crippen molar-refractivity contribution in [2.45, 2.75) is 25.5 Å². The summed E-state index contributed by atoms with van der Waals surface area (Å²) < 4.78 is 10.7. The first-order valence-electron chi connectivity index (χ1n) is 6.80. The zero-order valence-corrected chi connectivity index (χ0v) is 12.2. The third kappa shape index (κ3) is 3.71. The first-order chi connectivity index (χ1) is 9.52. The lowest BCUT2D eigenvalue weighted by Gasteiger charge is -2.38. The number of nitrogens with one attached hydrogen (secondary N) is 2. The van der Waals surface area contributed by atoms with E-state index < -0.39 is 0 Å². The van der Waals surface area contributed by atoms with Gasteiger partial charge in [0.15, 0.2) is 0 Å². The molecule has 2 rings (SSSR count). The van der Waals surface area contributed by atoms with Crippen molar-refractivity contribution in [3.8, 4) is 5.75 Å². The van der Waals surface area contributed by atoms with Gasteiger partial charge in [-0.05, 0) is 31.5 Å². The van der Waals surface area contributed by atoms with Gasteiger partial charge in [0.1, 0.15) is 12.4 Å². The number of hydrogen-bond donors (Lipinski definition) is 2. The molecule has 0 unspecified atom stereocenters. The van der Waals surface area contributed by atoms with Crippen molar-refractivity contribution in [3.05, 3.63) is 29.8 Å². The molecular weight excluding hydrogens is 256 g/mol. The summed E-state index contributed by atoms with van der Waals surface area (Å²) in [4.78, 5) is 11.9. The molecule has 1 saturated heterocycles. The minimum Gasteiger partial charge on any atom is -0.497 e. The van der Waals surface area contributed by atoms with Gasteiger partial charge in [0.25, 0.3) is 0 Å². The number of ether oxygens (including phenoxy) is 2. The Balaban J connectivity index is 1.80. The number of methoxy groups -OCH3 is 1. The van der Waals surface area contributed by atoms with Crippen molar-refractivity contribution in [3.63, 3.8) is 0 Å². The summed E-state index contributed by atoms with van der Waals surface area (Å²) >= 11 is 0. The maximum absolute atomic E-state index is 11.9. The third-order valence-corrected chi connectivity index (χ3v) is 3.54. The van der Waals surface area contributed by atoms with E-state index in [0.29, 0.717) is 0 Å². The average molecular weight is 278 g/mol. The van der Waals surface area contributed by atoms with Gasteiger partial charge in [0.2, 0.25) is 5.91 Å². The number of rotatable bonds is 6. The SMILES string of the molecule is COc1ccc([C@H](C)NC(=O)COC2(C)CNC2)cc1. The van der Waals surface area contributed by atoms with Gasteiger partial charge in [0.05, 0.1) is 18.8 Å². The van der Waals surface area contributed by atoms with Crippen LogP contribution >= 0.6 is 0 Å². The highest BCUT2D eigenvalue weighted by Crippen LogP contribution is 2.18. The van der Waals surface area contributed by atoms with Gasteiger partial charge in [-0.15, -0.1) is 0 Å². The molecule has 1 aromatic carbocycles. The molecule has 1 aromatic rings. The predicted octanol–water partition coefficient (Wildman–Crippen LogP) is 1.25. The van der Waals surface area contributed by atoms with Crippen LogP contribution in [0.4, 0.5) is 0 Å². The Morgan fingerprint density at radius 3 is 2.55 bits per heavy atom. The summed E-state index contributed by atoms with van der Waals surface area (Å²) in [6.07, 6.45) is 0. The fraction of sp³-hybridized carbons (Fsp3) is 0.533. The average Bonchev–Trinajstić information content (AvgIpc) is 2.43. The smallest absolute Gasteiger partial charge is 0.246 e. The van der Waals surface area contributed by atoms with Crippen LogP contribution in [0.2, 0.25) is 0 Å². The highest BCUT2D eigenvalue weighted by molar-refractivity contribution is 5.77. The maximum Gasteiger partial charge on any atom is 0.246 e. The number of amides is 1. The molecule has 1 fully saturated rings. The summed E-state index contributed by atoms with van der Waals surface area (Å²) in [5.74, 6) is 0.711. The van der Waals surface area contributed by atoms with Crippen LogP contribution in [-0.2, 0) is 9.53 Å². The second-order valence-electron chi connectivity index (χ2n) is 5.40. The van der Waals surface area contributed by atoms with Gasteiger partial charge < -0.3 is 20.1 Å². The van der Waals surface area contributed by atoms with E-state index in [9.17, 15) is 4.79 Å². The van der Waals surface area contributed by atoms with Crippen LogP contribution in [0.25, 0.3) is 0 Å². The predicted molar refractivity (Wildman–Crippen MR) is 76.8 cm³/mol. The topological polar surface area (TPSA) is 59.6 Å². The van der Waals surface area contributed by atoms with E-state index in [1.54, 1.807) is 7.11 Å². The molecule has 110 valence electrons. The van der Waals surface area contributed by atoms with Crippen molar-refractivity contribution in [1.29, 1.82) is 0 Å². The van der Waals surface area contributed by atoms with Crippen LogP contribution in [0.5, 0.6) is 5.75 Å². The minimum absolute atomic E-state index is 0.0515. The van der Waals surface area contributed by atoms with Gasteiger partial charge in [-0.1, -0.05) is 12.1 Å². The van der Waals surface area contributed by atoms with Crippen LogP contribution in [0.1, 0.15) is 25.5 Å². The number of carbonyl (C=O) groups is 1. The van der Waals surface area contributed by atoms with Crippen LogP contribution in [0.3, 0.4) is 0 Å². The first kappa shape index (κ1) is 14.8. The monoisotopic (exact) mass is 278 g/mol. The quantitative estimate of drug-likeness (QED) is 0.822. The Hall–Kier alpha value is -1.59. The fourth-order valence-corrected chi connectivity index (χ4v) is 2.08. The molecule has 1 aliphatic rings. The summed E-state index contributed by atoms with van der Waals surface area (Å²) in [6.45, 7) is 5.65. The fourth-order valence-electron chi connectivity index (χ4n) is 2.08. The van der Waals surface area contributed by atoms with Crippen LogP contribution in [0, 0.1) is 0 Å². The Morgan fingerprint density at radius 2 is 2.05 bits per heavy atom. The normalized spacial score (nSPS) is 17.9. The van der Waals surface area contributed by atoms with Gasteiger partial charge in [-0.2, -0.15) is 0 Å². The Kier molecular flexibility index (Phi) is 4.62. The molecular formula is C15H22N2O3. The highest BCUT2D eigenvalue weighted by atomic mass is 16.5. The lowest BCUT2D eigenvalue weighted by molar-refractivity contribution is -0.136. The molecule has 0 radical (unpaired) electrons. The van der Waals surface area contributed by atoms with E-state index in [1.165, 1.54) is 0 Å². The van der Waals surface area contributed by atoms with Crippen LogP contribution in [0.15, 0.2) is 24.3 Å². The number of hydrogen-bond acceptors (Lipinski definition) is 4. The van der Waals surface area contributed by atoms with Crippen molar-refractivity contribution in [2.24, 2.45) is 0 Å². The Morgan fingerprint density at radius 1 is 1.40 bits per heavy atom. The summed E-state index contributed by atoms with van der Waals surface area (Å²) in [7, 11) is 1.63. The van der Waals surface area contributed by atoms with Crippen molar-refractivity contribution in [1.82, 2.24) is 10.6 Å². The molecule has 5 nitrogen and oxygen atoms in total. The molecule has 1 aliphatic heterocycles. The lowest BCUT2D eigenvalue weighted by atomic mass is 10.0. The van der Waals surface area contributed by atoms with Gasteiger partial charge in [0, 0.05) is 13.1 Å². The van der Waals surface area contributed by atoms with Crippen LogP contribution in [-0.4, -0.2) is 38.3 Å². The maximum atomic E-state index is 11.9. The second kappa shape index (κ2) is 6.24. The van der Waals surface area contributed by atoms with E-state index in [2.05, 4.69) is 10.6 Å². The zero-order valence-electron chi connectivity index (χ0n) is 12.2. The summed E-state index contributed by atoms with van der Waals surface area (Å²) in [5.41, 5.74) is 0.844. The van der Waals surface area contributed by atoms with Gasteiger partial charge in [-0.25, -0.2) is 0 Å². The Labute approximate surface area is 119 Å². The number of benzene rings is 1. The molecule has 20 heavy (non-hydrogen) atoms. The standard InChI is InChI=1S/C15H22N2O3/c1-11(12-4-6-13(19-3)7-5-12)17-14(18)8-20-15(2)9-16-10-15/h4-7,11,16H,8-10H2,1-3H3,(H,17,18)/t11-/m0/s1. The molecule has 1 atom stereocenters. The van der Waals surface area contributed by atoms with E-state index in [0.717, 1.165) is 24.4 Å². The van der Waals surface area contributed by atoms with Crippen LogP contribution < -0.4 is 15.4 Å². The molecule has 2 N–H and O–H groups in total. The first-order valence-corrected chi connectivity index (χ1v) is 6.80. The van der Waals surface area contributed by atoms with Gasteiger partial charge >= 0.3 is 0 Å². The Bertz CT molecular complexity index is 455. The largest absolute Gasteiger partial charge is 0.497 e. The van der Waals surface area contributed by atoms with E-state index in [1.807, 2.05) is 38.1 Å². The molecule has 0 bridgehead atoms. The molecule has 0 aromatic heterocycles. The molecule has 5 heteroatoms. The molecule has 1 heterocycles. The molecule has 0 aliphatic carbocycles. The summed E-state index contributed by atoms with van der Waals surface area (Å²) in [6, 6.07) is 7.61. The third-order valence-electron chi connectivity index (χ3n) is 3.54. The second-order valence-corrected chi connectivity index (χ2v) is 5.40. The van der Waals surface area contributed by atoms with Crippen molar-refractivity contribution in [2.75, 3.05) is 26.8 Å².